The molecule has 0 radical (unpaired) electrons. The van der Waals surface area contributed by atoms with Crippen molar-refractivity contribution in [3.05, 3.63) is 0 Å². The van der Waals surface area contributed by atoms with Gasteiger partial charge in [-0.2, -0.15) is 0 Å². The van der Waals surface area contributed by atoms with Crippen LogP contribution in [0.5, 0.6) is 0 Å². The van der Waals surface area contributed by atoms with Crippen molar-refractivity contribution in [2.24, 2.45) is 17.1 Å². The summed E-state index contributed by atoms with van der Waals surface area (Å²) in [5.74, 6) is 0.474. The highest BCUT2D eigenvalue weighted by atomic mass is 16.2. The molecule has 124 valence electrons. The third-order valence-electron chi connectivity index (χ3n) is 3.59. The number of hydrogen-bond donors (Lipinski definition) is 3. The van der Waals surface area contributed by atoms with Gasteiger partial charge >= 0.3 is 6.03 Å². The standard InChI is InChI=1S/C15H32N4O2/c1-15(2,3)12(8-9-16)6-7-13(20)17-10-11-18-14(21)19(4)5/h12H,6-11,16H2,1-5H3,(H,17,20)(H,18,21). The van der Waals surface area contributed by atoms with Crippen molar-refractivity contribution in [1.29, 1.82) is 0 Å². The molecule has 1 unspecified atom stereocenters. The van der Waals surface area contributed by atoms with E-state index in [0.29, 0.717) is 32.0 Å². The molecule has 21 heavy (non-hydrogen) atoms. The first-order valence-corrected chi connectivity index (χ1v) is 7.60. The van der Waals surface area contributed by atoms with Crippen LogP contribution in [0.3, 0.4) is 0 Å². The monoisotopic (exact) mass is 300 g/mol. The molecule has 1 atom stereocenters. The Balaban J connectivity index is 3.91. The molecule has 6 heteroatoms. The summed E-state index contributed by atoms with van der Waals surface area (Å²) >= 11 is 0. The Hall–Kier alpha value is -1.30. The number of carbonyl (C=O) groups excluding carboxylic acids is 2. The highest BCUT2D eigenvalue weighted by Crippen LogP contribution is 2.31. The summed E-state index contributed by atoms with van der Waals surface area (Å²) in [7, 11) is 3.36. The smallest absolute Gasteiger partial charge is 0.316 e. The van der Waals surface area contributed by atoms with Crippen molar-refractivity contribution in [2.75, 3.05) is 33.7 Å². The van der Waals surface area contributed by atoms with Gasteiger partial charge in [-0.05, 0) is 30.7 Å². The molecule has 0 rings (SSSR count). The van der Waals surface area contributed by atoms with Crippen LogP contribution < -0.4 is 16.4 Å². The van der Waals surface area contributed by atoms with E-state index in [0.717, 1.165) is 12.8 Å². The van der Waals surface area contributed by atoms with Crippen molar-refractivity contribution in [2.45, 2.75) is 40.0 Å². The van der Waals surface area contributed by atoms with E-state index in [1.807, 2.05) is 0 Å². The summed E-state index contributed by atoms with van der Waals surface area (Å²) in [5, 5.41) is 5.53. The maximum absolute atomic E-state index is 11.8. The lowest BCUT2D eigenvalue weighted by atomic mass is 9.76. The van der Waals surface area contributed by atoms with Crippen molar-refractivity contribution >= 4 is 11.9 Å². The zero-order valence-electron chi connectivity index (χ0n) is 14.2. The van der Waals surface area contributed by atoms with Crippen molar-refractivity contribution in [3.63, 3.8) is 0 Å². The van der Waals surface area contributed by atoms with E-state index in [1.165, 1.54) is 4.90 Å². The topological polar surface area (TPSA) is 87.5 Å². The maximum atomic E-state index is 11.8. The van der Waals surface area contributed by atoms with Crippen molar-refractivity contribution < 1.29 is 9.59 Å². The van der Waals surface area contributed by atoms with Gasteiger partial charge in [0, 0.05) is 33.6 Å². The molecule has 0 aliphatic heterocycles. The zero-order valence-corrected chi connectivity index (χ0v) is 14.2. The second-order valence-electron chi connectivity index (χ2n) is 6.66. The Morgan fingerprint density at radius 2 is 1.67 bits per heavy atom. The lowest BCUT2D eigenvalue weighted by Crippen LogP contribution is -2.39. The van der Waals surface area contributed by atoms with E-state index in [1.54, 1.807) is 14.1 Å². The Morgan fingerprint density at radius 1 is 1.10 bits per heavy atom. The van der Waals surface area contributed by atoms with Crippen LogP contribution >= 0.6 is 0 Å². The van der Waals surface area contributed by atoms with E-state index in [2.05, 4.69) is 31.4 Å². The molecule has 0 fully saturated rings. The van der Waals surface area contributed by atoms with Gasteiger partial charge in [-0.1, -0.05) is 20.8 Å². The van der Waals surface area contributed by atoms with Crippen LogP contribution in [-0.4, -0.2) is 50.6 Å². The highest BCUT2D eigenvalue weighted by Gasteiger charge is 2.24. The van der Waals surface area contributed by atoms with Gasteiger partial charge in [-0.15, -0.1) is 0 Å². The van der Waals surface area contributed by atoms with Crippen molar-refractivity contribution in [3.8, 4) is 0 Å². The third-order valence-corrected chi connectivity index (χ3v) is 3.59. The van der Waals surface area contributed by atoms with Crippen LogP contribution in [0.4, 0.5) is 4.79 Å². The van der Waals surface area contributed by atoms with E-state index < -0.39 is 0 Å². The number of hydrogen-bond acceptors (Lipinski definition) is 3. The number of nitrogens with two attached hydrogens (primary N) is 1. The zero-order chi connectivity index (χ0) is 16.5. The van der Waals surface area contributed by atoms with E-state index in [-0.39, 0.29) is 17.4 Å². The Kier molecular flexibility index (Phi) is 9.01. The summed E-state index contributed by atoms with van der Waals surface area (Å²) in [6, 6.07) is -0.153. The number of urea groups is 1. The van der Waals surface area contributed by atoms with Gasteiger partial charge in [-0.25, -0.2) is 4.79 Å². The molecule has 4 N–H and O–H groups in total. The Morgan fingerprint density at radius 3 is 2.14 bits per heavy atom. The molecule has 0 aromatic carbocycles. The first kappa shape index (κ1) is 19.7. The summed E-state index contributed by atoms with van der Waals surface area (Å²) in [5.41, 5.74) is 5.80. The fraction of sp³-hybridized carbons (Fsp3) is 0.867. The molecule has 0 aromatic heterocycles. The predicted octanol–water partition coefficient (Wildman–Crippen LogP) is 1.17. The van der Waals surface area contributed by atoms with Crippen LogP contribution in [-0.2, 0) is 4.79 Å². The average molecular weight is 300 g/mol. The highest BCUT2D eigenvalue weighted by molar-refractivity contribution is 5.76. The summed E-state index contributed by atoms with van der Waals surface area (Å²) in [6.45, 7) is 8.09. The summed E-state index contributed by atoms with van der Waals surface area (Å²) in [6.07, 6.45) is 2.29. The number of rotatable bonds is 8. The molecular formula is C15H32N4O2. The minimum atomic E-state index is -0.153. The summed E-state index contributed by atoms with van der Waals surface area (Å²) < 4.78 is 0. The number of nitrogens with zero attached hydrogens (tertiary/aromatic N) is 1. The lowest BCUT2D eigenvalue weighted by molar-refractivity contribution is -0.121. The predicted molar refractivity (Wildman–Crippen MR) is 85.9 cm³/mol. The number of carbonyl (C=O) groups is 2. The average Bonchev–Trinajstić information content (AvgIpc) is 2.37. The molecule has 0 spiro atoms. The molecule has 0 bridgehead atoms. The van der Waals surface area contributed by atoms with Crippen LogP contribution in [0.15, 0.2) is 0 Å². The first-order valence-electron chi connectivity index (χ1n) is 7.60. The van der Waals surface area contributed by atoms with E-state index in [9.17, 15) is 9.59 Å². The van der Waals surface area contributed by atoms with Crippen LogP contribution in [0.25, 0.3) is 0 Å². The van der Waals surface area contributed by atoms with Gasteiger partial charge in [0.15, 0.2) is 0 Å². The molecule has 0 aliphatic carbocycles. The largest absolute Gasteiger partial charge is 0.354 e. The molecule has 0 saturated carbocycles. The maximum Gasteiger partial charge on any atom is 0.316 e. The minimum Gasteiger partial charge on any atom is -0.354 e. The normalized spacial score (nSPS) is 12.7. The second kappa shape index (κ2) is 9.60. The van der Waals surface area contributed by atoms with E-state index in [4.69, 9.17) is 5.73 Å². The van der Waals surface area contributed by atoms with Crippen LogP contribution in [0.1, 0.15) is 40.0 Å². The first-order chi connectivity index (χ1) is 9.68. The SMILES string of the molecule is CN(C)C(=O)NCCNC(=O)CCC(CCN)C(C)(C)C. The third kappa shape index (κ3) is 9.28. The summed E-state index contributed by atoms with van der Waals surface area (Å²) in [4.78, 5) is 24.5. The Labute approximate surface area is 128 Å². The molecule has 0 saturated heterocycles. The molecule has 6 nitrogen and oxygen atoms in total. The van der Waals surface area contributed by atoms with Crippen LogP contribution in [0, 0.1) is 11.3 Å². The number of amides is 3. The Bertz CT molecular complexity index is 324. The molecule has 0 heterocycles. The fourth-order valence-corrected chi connectivity index (χ4v) is 2.13. The minimum absolute atomic E-state index is 0.0281. The molecule has 0 aliphatic rings. The van der Waals surface area contributed by atoms with Gasteiger partial charge in [0.05, 0.1) is 0 Å². The van der Waals surface area contributed by atoms with Crippen LogP contribution in [0.2, 0.25) is 0 Å². The number of nitrogens with one attached hydrogen (secondary N) is 2. The van der Waals surface area contributed by atoms with Gasteiger partial charge < -0.3 is 21.3 Å². The second-order valence-corrected chi connectivity index (χ2v) is 6.66. The van der Waals surface area contributed by atoms with Gasteiger partial charge in [0.2, 0.25) is 5.91 Å². The van der Waals surface area contributed by atoms with Gasteiger partial charge in [0.25, 0.3) is 0 Å². The molecule has 0 aromatic rings. The quantitative estimate of drug-likeness (QED) is 0.588. The van der Waals surface area contributed by atoms with E-state index >= 15 is 0 Å². The van der Waals surface area contributed by atoms with Gasteiger partial charge in [0.1, 0.15) is 0 Å². The van der Waals surface area contributed by atoms with Crippen molar-refractivity contribution in [1.82, 2.24) is 15.5 Å². The molecule has 3 amide bonds. The van der Waals surface area contributed by atoms with Gasteiger partial charge in [-0.3, -0.25) is 4.79 Å². The fourth-order valence-electron chi connectivity index (χ4n) is 2.13. The lowest BCUT2D eigenvalue weighted by Gasteiger charge is -2.30. The molecular weight excluding hydrogens is 268 g/mol.